The quantitative estimate of drug-likeness (QED) is 0.609. The Morgan fingerprint density at radius 3 is 2.92 bits per heavy atom. The predicted molar refractivity (Wildman–Crippen MR) is 98.3 cm³/mol. The molecule has 4 N–H and O–H groups in total. The van der Waals surface area contributed by atoms with Crippen LogP contribution in [0.1, 0.15) is 35.6 Å². The molecule has 0 unspecified atom stereocenters. The summed E-state index contributed by atoms with van der Waals surface area (Å²) in [7, 11) is 0. The van der Waals surface area contributed by atoms with Crippen molar-refractivity contribution in [3.63, 3.8) is 0 Å². The molecular weight excluding hydrogens is 334 g/mol. The maximum Gasteiger partial charge on any atom is 0.320 e. The number of hydrogen-bond donors (Lipinski definition) is 4. The Kier molecular flexibility index (Phi) is 5.87. The number of anilines is 2. The number of aryl methyl sites for hydroxylation is 1. The first-order chi connectivity index (χ1) is 12.5. The molecule has 0 bridgehead atoms. The summed E-state index contributed by atoms with van der Waals surface area (Å²) in [5, 5.41) is 32.8. The van der Waals surface area contributed by atoms with Gasteiger partial charge >= 0.3 is 6.01 Å². The maximum atomic E-state index is 9.57. The van der Waals surface area contributed by atoms with Crippen LogP contribution in [-0.2, 0) is 6.54 Å². The lowest BCUT2D eigenvalue weighted by atomic mass is 10.0. The van der Waals surface area contributed by atoms with Crippen LogP contribution in [0.25, 0.3) is 0 Å². The molecule has 26 heavy (non-hydrogen) atoms. The van der Waals surface area contributed by atoms with Gasteiger partial charge in [-0.15, -0.1) is 5.10 Å². The van der Waals surface area contributed by atoms with Crippen LogP contribution in [0.5, 0.6) is 0 Å². The van der Waals surface area contributed by atoms with Crippen LogP contribution in [0.3, 0.4) is 0 Å². The second kappa shape index (κ2) is 8.13. The van der Waals surface area contributed by atoms with E-state index in [0.29, 0.717) is 6.04 Å². The summed E-state index contributed by atoms with van der Waals surface area (Å²) in [5.74, 6) is -0.00432. The van der Waals surface area contributed by atoms with E-state index >= 15 is 0 Å². The lowest BCUT2D eigenvalue weighted by molar-refractivity contribution is 0.0737. The molecule has 0 amide bonds. The van der Waals surface area contributed by atoms with Gasteiger partial charge in [-0.1, -0.05) is 11.2 Å². The van der Waals surface area contributed by atoms with Gasteiger partial charge in [-0.3, -0.25) is 4.90 Å². The highest BCUT2D eigenvalue weighted by molar-refractivity contribution is 5.61. The third-order valence-electron chi connectivity index (χ3n) is 4.65. The number of hydrogen-bond acceptors (Lipinski definition) is 8. The van der Waals surface area contributed by atoms with Crippen molar-refractivity contribution in [2.24, 2.45) is 0 Å². The van der Waals surface area contributed by atoms with Crippen LogP contribution in [0.2, 0.25) is 0 Å². The largest absolute Gasteiger partial charge is 0.405 e. The highest BCUT2D eigenvalue weighted by Crippen LogP contribution is 2.26. The SMILES string of the molecule is Cc1cc(CN2CCN[C@@H](C)C2)c(C)c(Nc2nnc([C@@H](O)CO)o2)c1. The molecule has 1 aromatic heterocycles. The molecule has 0 saturated carbocycles. The van der Waals surface area contributed by atoms with E-state index in [1.165, 1.54) is 5.56 Å². The lowest BCUT2D eigenvalue weighted by Crippen LogP contribution is -2.48. The van der Waals surface area contributed by atoms with E-state index in [0.717, 1.165) is 43.0 Å². The third-order valence-corrected chi connectivity index (χ3v) is 4.65. The minimum Gasteiger partial charge on any atom is -0.405 e. The second-order valence-corrected chi connectivity index (χ2v) is 6.96. The number of nitrogens with zero attached hydrogens (tertiary/aromatic N) is 3. The highest BCUT2D eigenvalue weighted by atomic mass is 16.4. The van der Waals surface area contributed by atoms with E-state index in [1.54, 1.807) is 0 Å². The van der Waals surface area contributed by atoms with Crippen LogP contribution < -0.4 is 10.6 Å². The minimum atomic E-state index is -1.16. The van der Waals surface area contributed by atoms with Crippen molar-refractivity contribution >= 4 is 11.7 Å². The number of rotatable bonds is 6. The third kappa shape index (κ3) is 4.39. The number of nitrogens with one attached hydrogen (secondary N) is 2. The molecule has 3 rings (SSSR count). The van der Waals surface area contributed by atoms with Crippen LogP contribution in [-0.4, -0.2) is 57.6 Å². The molecule has 0 aliphatic carbocycles. The number of piperazine rings is 1. The molecule has 1 saturated heterocycles. The Balaban J connectivity index is 1.77. The van der Waals surface area contributed by atoms with Gasteiger partial charge in [0.05, 0.1) is 6.61 Å². The summed E-state index contributed by atoms with van der Waals surface area (Å²) in [5.41, 5.74) is 4.43. The van der Waals surface area contributed by atoms with Gasteiger partial charge in [0.25, 0.3) is 0 Å². The monoisotopic (exact) mass is 361 g/mol. The molecule has 8 heteroatoms. The fraction of sp³-hybridized carbons (Fsp3) is 0.556. The fourth-order valence-corrected chi connectivity index (χ4v) is 3.24. The number of aliphatic hydroxyl groups is 2. The molecule has 8 nitrogen and oxygen atoms in total. The number of aromatic nitrogens is 2. The topological polar surface area (TPSA) is 107 Å². The Morgan fingerprint density at radius 2 is 2.19 bits per heavy atom. The molecule has 1 fully saturated rings. The van der Waals surface area contributed by atoms with Crippen molar-refractivity contribution in [3.8, 4) is 0 Å². The summed E-state index contributed by atoms with van der Waals surface area (Å²) in [6.45, 7) is 9.84. The van der Waals surface area contributed by atoms with Gasteiger partial charge in [0.2, 0.25) is 5.89 Å². The van der Waals surface area contributed by atoms with Gasteiger partial charge in [0.1, 0.15) is 0 Å². The van der Waals surface area contributed by atoms with Crippen LogP contribution in [0.15, 0.2) is 16.5 Å². The van der Waals surface area contributed by atoms with Gasteiger partial charge < -0.3 is 25.3 Å². The molecule has 2 heterocycles. The van der Waals surface area contributed by atoms with Crippen molar-refractivity contribution < 1.29 is 14.6 Å². The highest BCUT2D eigenvalue weighted by Gasteiger charge is 2.19. The van der Waals surface area contributed by atoms with Gasteiger partial charge in [0, 0.05) is 37.9 Å². The van der Waals surface area contributed by atoms with E-state index < -0.39 is 12.7 Å². The molecule has 0 spiro atoms. The van der Waals surface area contributed by atoms with Gasteiger partial charge in [-0.2, -0.15) is 0 Å². The van der Waals surface area contributed by atoms with Gasteiger partial charge in [-0.05, 0) is 43.5 Å². The molecule has 0 radical (unpaired) electrons. The summed E-state index contributed by atoms with van der Waals surface area (Å²) in [6, 6.07) is 4.94. The average Bonchev–Trinajstić information content (AvgIpc) is 3.07. The van der Waals surface area contributed by atoms with E-state index in [-0.39, 0.29) is 11.9 Å². The van der Waals surface area contributed by atoms with Crippen molar-refractivity contribution in [3.05, 3.63) is 34.7 Å². The van der Waals surface area contributed by atoms with E-state index in [9.17, 15) is 5.11 Å². The van der Waals surface area contributed by atoms with Crippen LogP contribution in [0, 0.1) is 13.8 Å². The van der Waals surface area contributed by atoms with E-state index in [4.69, 9.17) is 9.52 Å². The maximum absolute atomic E-state index is 9.57. The molecular formula is C18H27N5O3. The van der Waals surface area contributed by atoms with Crippen molar-refractivity contribution in [2.45, 2.75) is 39.5 Å². The average molecular weight is 361 g/mol. The summed E-state index contributed by atoms with van der Waals surface area (Å²) < 4.78 is 5.38. The normalized spacial score (nSPS) is 19.5. The zero-order valence-electron chi connectivity index (χ0n) is 15.5. The van der Waals surface area contributed by atoms with Crippen molar-refractivity contribution in [2.75, 3.05) is 31.6 Å². The summed E-state index contributed by atoms with van der Waals surface area (Å²) >= 11 is 0. The van der Waals surface area contributed by atoms with Crippen LogP contribution in [0.4, 0.5) is 11.7 Å². The molecule has 1 aromatic carbocycles. The standard InChI is InChI=1S/C18H27N5O3/c1-11-6-14(9-23-5-4-19-12(2)8-23)13(3)15(7-11)20-18-22-21-17(26-18)16(25)10-24/h6-7,12,16,19,24-25H,4-5,8-10H2,1-3H3,(H,20,22)/t12-,16-/m0/s1. The van der Waals surface area contributed by atoms with Crippen LogP contribution >= 0.6 is 0 Å². The molecule has 1 aliphatic heterocycles. The zero-order chi connectivity index (χ0) is 18.7. The number of benzene rings is 1. The van der Waals surface area contributed by atoms with Gasteiger partial charge in [-0.25, -0.2) is 0 Å². The Morgan fingerprint density at radius 1 is 1.38 bits per heavy atom. The second-order valence-electron chi connectivity index (χ2n) is 6.96. The molecule has 1 aliphatic rings. The number of aliphatic hydroxyl groups excluding tert-OH is 2. The van der Waals surface area contributed by atoms with E-state index in [2.05, 4.69) is 52.6 Å². The van der Waals surface area contributed by atoms with Crippen molar-refractivity contribution in [1.82, 2.24) is 20.4 Å². The zero-order valence-corrected chi connectivity index (χ0v) is 15.5. The molecule has 2 aromatic rings. The lowest BCUT2D eigenvalue weighted by Gasteiger charge is -2.32. The Labute approximate surface area is 153 Å². The predicted octanol–water partition coefficient (Wildman–Crippen LogP) is 1.25. The molecule has 142 valence electrons. The first-order valence-electron chi connectivity index (χ1n) is 8.91. The summed E-state index contributed by atoms with van der Waals surface area (Å²) in [6.07, 6.45) is -1.16. The summed E-state index contributed by atoms with van der Waals surface area (Å²) in [4.78, 5) is 2.45. The Bertz CT molecular complexity index is 748. The minimum absolute atomic E-state index is 0.00432. The first kappa shape index (κ1) is 18.8. The smallest absolute Gasteiger partial charge is 0.320 e. The van der Waals surface area contributed by atoms with E-state index in [1.807, 2.05) is 6.07 Å². The van der Waals surface area contributed by atoms with Gasteiger partial charge in [0.15, 0.2) is 6.10 Å². The first-order valence-corrected chi connectivity index (χ1v) is 8.91. The molecule has 2 atom stereocenters. The Hall–Kier alpha value is -2.00. The fourth-order valence-electron chi connectivity index (χ4n) is 3.24. The van der Waals surface area contributed by atoms with Crippen molar-refractivity contribution in [1.29, 1.82) is 0 Å².